The number of carbonyl (C=O) groups is 1. The van der Waals surface area contributed by atoms with Crippen LogP contribution in [-0.2, 0) is 0 Å². The highest BCUT2D eigenvalue weighted by Gasteiger charge is 2.57. The van der Waals surface area contributed by atoms with Gasteiger partial charge in [-0.1, -0.05) is 0 Å². The Morgan fingerprint density at radius 2 is 1.55 bits per heavy atom. The molecule has 0 aliphatic carbocycles. The van der Waals surface area contributed by atoms with Crippen LogP contribution in [0.15, 0.2) is 29.3 Å². The van der Waals surface area contributed by atoms with Crippen LogP contribution in [0.1, 0.15) is 23.2 Å². The molecule has 1 fully saturated rings. The second-order valence-corrected chi connectivity index (χ2v) is 9.66. The molecule has 0 bridgehead atoms. The number of piperidine rings is 1. The average molecular weight is 613 g/mol. The van der Waals surface area contributed by atoms with Gasteiger partial charge in [-0.15, -0.1) is 0 Å². The Hall–Kier alpha value is -3.93. The van der Waals surface area contributed by atoms with Crippen LogP contribution in [0.25, 0.3) is 16.9 Å². The Morgan fingerprint density at radius 3 is 2.07 bits per heavy atom. The summed E-state index contributed by atoms with van der Waals surface area (Å²) in [6, 6.07) is -3.56. The summed E-state index contributed by atoms with van der Waals surface area (Å²) in [5, 5.41) is 19.1. The van der Waals surface area contributed by atoms with Crippen molar-refractivity contribution in [3.63, 3.8) is 0 Å². The average Bonchev–Trinajstić information content (AvgIpc) is 2.91. The number of hydrogen-bond donors (Lipinski definition) is 3. The van der Waals surface area contributed by atoms with Crippen molar-refractivity contribution >= 4 is 22.8 Å². The highest BCUT2D eigenvalue weighted by molar-refractivity contribution is 5.97. The van der Waals surface area contributed by atoms with E-state index in [0.29, 0.717) is 34.4 Å². The molecule has 3 aromatic rings. The topological polar surface area (TPSA) is 121 Å². The molecule has 0 saturated carbocycles. The maximum Gasteiger partial charge on any atom is 0.417 e. The van der Waals surface area contributed by atoms with Crippen LogP contribution < -0.4 is 15.6 Å². The molecule has 3 aromatic heterocycles. The number of aromatic nitrogens is 3. The Bertz CT molecular complexity index is 1550. The van der Waals surface area contributed by atoms with Crippen molar-refractivity contribution in [2.75, 3.05) is 31.2 Å². The van der Waals surface area contributed by atoms with E-state index in [9.17, 15) is 54.9 Å². The van der Waals surface area contributed by atoms with Crippen LogP contribution >= 0.6 is 0 Å². The number of fused-ring (bicyclic) bond motifs is 1. The van der Waals surface area contributed by atoms with E-state index in [4.69, 9.17) is 0 Å². The summed E-state index contributed by atoms with van der Waals surface area (Å²) in [7, 11) is 0. The van der Waals surface area contributed by atoms with Crippen molar-refractivity contribution in [1.29, 1.82) is 0 Å². The quantitative estimate of drug-likeness (QED) is 0.366. The molecule has 228 valence electrons. The van der Waals surface area contributed by atoms with Gasteiger partial charge in [0.2, 0.25) is 11.5 Å². The lowest BCUT2D eigenvalue weighted by molar-refractivity contribution is -0.255. The first kappa shape index (κ1) is 31.0. The normalized spacial score (nSPS) is 15.9. The van der Waals surface area contributed by atoms with Gasteiger partial charge in [0.15, 0.2) is 28.9 Å². The van der Waals surface area contributed by atoms with Gasteiger partial charge < -0.3 is 20.4 Å². The van der Waals surface area contributed by atoms with Gasteiger partial charge in [0.25, 0.3) is 5.91 Å². The second-order valence-electron chi connectivity index (χ2n) is 9.66. The number of carbonyl (C=O) groups excluding carboxylic acids is 1. The number of alkyl halides is 6. The Balaban J connectivity index is 1.90. The maximum atomic E-state index is 15.3. The fourth-order valence-electron chi connectivity index (χ4n) is 4.46. The SMILES string of the molecule is O=C(NC(C(F)(F)F)C(F)(F)F)c1cn(-c2ncc(F)cc2F)c2nc(N3CCC(CO)(CO)CC3)c(F)cc2c1=O. The standard InChI is InChI=1S/C24H20F9N5O4/c25-11-5-14(26)18(34-7-11)38-8-13(20(42)36-21(23(28,29)30)24(31,32)33)16(41)12-6-15(27)19(35-17(12)38)37-3-1-22(9-39,10-40)2-4-37/h5-8,21,39-40H,1-4,9-10H2,(H,36,42). The summed E-state index contributed by atoms with van der Waals surface area (Å²) in [4.78, 5) is 34.6. The minimum Gasteiger partial charge on any atom is -0.396 e. The monoisotopic (exact) mass is 613 g/mol. The third-order valence-corrected chi connectivity index (χ3v) is 6.90. The van der Waals surface area contributed by atoms with E-state index in [1.54, 1.807) is 0 Å². The summed E-state index contributed by atoms with van der Waals surface area (Å²) in [5.41, 5.74) is -4.40. The van der Waals surface area contributed by atoms with Crippen molar-refractivity contribution in [3.05, 3.63) is 57.8 Å². The lowest BCUT2D eigenvalue weighted by atomic mass is 9.80. The van der Waals surface area contributed by atoms with Gasteiger partial charge in [-0.25, -0.2) is 23.1 Å². The molecule has 1 aliphatic rings. The summed E-state index contributed by atoms with van der Waals surface area (Å²) >= 11 is 0. The van der Waals surface area contributed by atoms with E-state index in [1.807, 2.05) is 0 Å². The number of nitrogens with one attached hydrogen (secondary N) is 1. The van der Waals surface area contributed by atoms with Crippen molar-refractivity contribution < 1.29 is 54.5 Å². The third-order valence-electron chi connectivity index (χ3n) is 6.90. The van der Waals surface area contributed by atoms with Gasteiger partial charge in [0.05, 0.1) is 24.8 Å². The summed E-state index contributed by atoms with van der Waals surface area (Å²) in [6.45, 7) is -0.649. The largest absolute Gasteiger partial charge is 0.417 e. The van der Waals surface area contributed by atoms with E-state index in [-0.39, 0.29) is 39.1 Å². The summed E-state index contributed by atoms with van der Waals surface area (Å²) in [6.07, 6.45) is -10.8. The molecule has 0 aromatic carbocycles. The lowest BCUT2D eigenvalue weighted by Gasteiger charge is -2.40. The molecular formula is C24H20F9N5O4. The molecule has 0 atom stereocenters. The minimum atomic E-state index is -6.02. The highest BCUT2D eigenvalue weighted by Crippen LogP contribution is 2.35. The van der Waals surface area contributed by atoms with Crippen LogP contribution in [0, 0.1) is 22.9 Å². The molecule has 3 N–H and O–H groups in total. The Kier molecular flexibility index (Phi) is 8.16. The number of amides is 1. The Morgan fingerprint density at radius 1 is 0.976 bits per heavy atom. The van der Waals surface area contributed by atoms with Gasteiger partial charge in [-0.3, -0.25) is 14.2 Å². The molecule has 1 saturated heterocycles. The van der Waals surface area contributed by atoms with Crippen LogP contribution in [0.5, 0.6) is 0 Å². The molecule has 4 rings (SSSR count). The third kappa shape index (κ3) is 5.85. The van der Waals surface area contributed by atoms with Crippen LogP contribution in [0.2, 0.25) is 0 Å². The predicted octanol–water partition coefficient (Wildman–Crippen LogP) is 2.99. The first-order chi connectivity index (χ1) is 19.5. The molecule has 0 radical (unpaired) electrons. The lowest BCUT2D eigenvalue weighted by Crippen LogP contribution is -2.55. The number of hydrogen-bond acceptors (Lipinski definition) is 7. The zero-order chi connectivity index (χ0) is 31.2. The molecule has 1 aliphatic heterocycles. The van der Waals surface area contributed by atoms with E-state index in [2.05, 4.69) is 9.97 Å². The first-order valence-electron chi connectivity index (χ1n) is 12.0. The fourth-order valence-corrected chi connectivity index (χ4v) is 4.46. The summed E-state index contributed by atoms with van der Waals surface area (Å²) in [5.74, 6) is -7.28. The smallest absolute Gasteiger partial charge is 0.396 e. The molecule has 4 heterocycles. The number of aliphatic hydroxyl groups is 2. The van der Waals surface area contributed by atoms with Crippen LogP contribution in [0.3, 0.4) is 0 Å². The van der Waals surface area contributed by atoms with Crippen molar-refractivity contribution in [2.24, 2.45) is 5.41 Å². The number of anilines is 1. The molecule has 9 nitrogen and oxygen atoms in total. The van der Waals surface area contributed by atoms with Crippen molar-refractivity contribution in [3.8, 4) is 5.82 Å². The van der Waals surface area contributed by atoms with Crippen LogP contribution in [-0.4, -0.2) is 75.4 Å². The van der Waals surface area contributed by atoms with Gasteiger partial charge in [-0.2, -0.15) is 26.3 Å². The summed E-state index contributed by atoms with van der Waals surface area (Å²) < 4.78 is 122. The molecular weight excluding hydrogens is 593 g/mol. The molecule has 42 heavy (non-hydrogen) atoms. The zero-order valence-electron chi connectivity index (χ0n) is 21.0. The highest BCUT2D eigenvalue weighted by atomic mass is 19.4. The van der Waals surface area contributed by atoms with Gasteiger partial charge in [0, 0.05) is 30.8 Å². The first-order valence-corrected chi connectivity index (χ1v) is 12.0. The number of rotatable bonds is 6. The fraction of sp³-hybridized carbons (Fsp3) is 0.417. The van der Waals surface area contributed by atoms with Gasteiger partial charge >= 0.3 is 12.4 Å². The number of halogens is 9. The number of nitrogens with zero attached hydrogens (tertiary/aromatic N) is 4. The number of pyridine rings is 3. The zero-order valence-corrected chi connectivity index (χ0v) is 21.0. The van der Waals surface area contributed by atoms with Crippen molar-refractivity contribution in [1.82, 2.24) is 19.9 Å². The predicted molar refractivity (Wildman–Crippen MR) is 126 cm³/mol. The van der Waals surface area contributed by atoms with Crippen molar-refractivity contribution in [2.45, 2.75) is 31.2 Å². The van der Waals surface area contributed by atoms with E-state index < -0.39 is 80.8 Å². The minimum absolute atomic E-state index is 0.0424. The molecule has 0 spiro atoms. The van der Waals surface area contributed by atoms with Gasteiger partial charge in [-0.05, 0) is 18.9 Å². The van der Waals surface area contributed by atoms with E-state index in [1.165, 1.54) is 4.90 Å². The molecule has 0 unspecified atom stereocenters. The second kappa shape index (κ2) is 11.0. The van der Waals surface area contributed by atoms with Crippen LogP contribution in [0.4, 0.5) is 45.3 Å². The Labute approximate surface area is 229 Å². The van der Waals surface area contributed by atoms with Gasteiger partial charge in [0.1, 0.15) is 11.4 Å². The van der Waals surface area contributed by atoms with E-state index >= 15 is 4.39 Å². The van der Waals surface area contributed by atoms with E-state index in [0.717, 1.165) is 0 Å². The maximum absolute atomic E-state index is 15.3. The number of aliphatic hydroxyl groups excluding tert-OH is 2. The molecule has 1 amide bonds. The molecule has 18 heteroatoms.